The molecule has 2 amide bonds. The summed E-state index contributed by atoms with van der Waals surface area (Å²) >= 11 is 1.32. The number of anilines is 2. The molecule has 0 saturated carbocycles. The Morgan fingerprint density at radius 1 is 1.07 bits per heavy atom. The molecule has 0 radical (unpaired) electrons. The van der Waals surface area contributed by atoms with Gasteiger partial charge in [0.2, 0.25) is 11.8 Å². The Hall–Kier alpha value is -2.91. The molecule has 1 aromatic heterocycles. The quantitative estimate of drug-likeness (QED) is 0.639. The first-order valence-corrected chi connectivity index (χ1v) is 9.67. The van der Waals surface area contributed by atoms with E-state index in [1.165, 1.54) is 18.4 Å². The molecular weight excluding hydrogens is 394 g/mol. The summed E-state index contributed by atoms with van der Waals surface area (Å²) in [5, 5.41) is 5.96. The summed E-state index contributed by atoms with van der Waals surface area (Å²) in [6, 6.07) is 7.02. The maximum Gasteiger partial charge on any atom is 0.341 e. The number of methoxy groups -OCH3 is 2. The minimum Gasteiger partial charge on any atom is -0.497 e. The minimum absolute atomic E-state index is 0.0118. The Balaban J connectivity index is 1.93. The number of nitrogens with one attached hydrogen (secondary N) is 2. The third-order valence-electron chi connectivity index (χ3n) is 4.21. The van der Waals surface area contributed by atoms with E-state index in [-0.39, 0.29) is 24.9 Å². The lowest BCUT2D eigenvalue weighted by molar-refractivity contribution is -0.119. The van der Waals surface area contributed by atoms with Crippen LogP contribution in [0.5, 0.6) is 5.75 Å². The number of hydrogen-bond acceptors (Lipinski definition) is 7. The summed E-state index contributed by atoms with van der Waals surface area (Å²) in [5.41, 5.74) is 1.75. The monoisotopic (exact) mass is 419 g/mol. The van der Waals surface area contributed by atoms with Gasteiger partial charge in [-0.1, -0.05) is 6.07 Å². The van der Waals surface area contributed by atoms with Gasteiger partial charge in [0.1, 0.15) is 10.8 Å². The lowest BCUT2D eigenvalue weighted by Crippen LogP contribution is -2.36. The van der Waals surface area contributed by atoms with E-state index in [1.807, 2.05) is 13.8 Å². The molecule has 2 N–H and O–H groups in total. The van der Waals surface area contributed by atoms with Gasteiger partial charge in [0.15, 0.2) is 0 Å². The molecule has 0 unspecified atom stereocenters. The first-order chi connectivity index (χ1) is 13.7. The van der Waals surface area contributed by atoms with Crippen molar-refractivity contribution in [1.29, 1.82) is 0 Å². The molecule has 156 valence electrons. The molecule has 0 fully saturated rings. The molecule has 0 aliphatic carbocycles. The molecular formula is C20H25N3O5S. The van der Waals surface area contributed by atoms with Gasteiger partial charge in [0.25, 0.3) is 0 Å². The normalized spacial score (nSPS) is 10.6. The predicted octanol–water partition coefficient (Wildman–Crippen LogP) is 2.67. The third kappa shape index (κ3) is 6.03. The number of aryl methyl sites for hydroxylation is 1. The molecule has 1 heterocycles. The molecule has 2 aromatic rings. The molecule has 0 aliphatic rings. The van der Waals surface area contributed by atoms with Crippen LogP contribution < -0.4 is 15.4 Å². The summed E-state index contributed by atoms with van der Waals surface area (Å²) in [6.07, 6.45) is 0. The molecule has 29 heavy (non-hydrogen) atoms. The van der Waals surface area contributed by atoms with E-state index in [0.717, 1.165) is 10.4 Å². The number of benzene rings is 1. The number of likely N-dealkylation sites (N-methyl/N-ethyl adjacent to an activating group) is 1. The second-order valence-corrected chi connectivity index (χ2v) is 7.70. The van der Waals surface area contributed by atoms with Gasteiger partial charge in [0.05, 0.1) is 32.9 Å². The number of carbonyl (C=O) groups is 3. The van der Waals surface area contributed by atoms with E-state index in [4.69, 9.17) is 9.47 Å². The average molecular weight is 420 g/mol. The van der Waals surface area contributed by atoms with E-state index in [2.05, 4.69) is 10.6 Å². The Labute approximate surface area is 173 Å². The van der Waals surface area contributed by atoms with Crippen molar-refractivity contribution in [2.24, 2.45) is 0 Å². The van der Waals surface area contributed by atoms with Crippen LogP contribution in [-0.4, -0.2) is 57.0 Å². The van der Waals surface area contributed by atoms with Gasteiger partial charge in [-0.3, -0.25) is 14.5 Å². The van der Waals surface area contributed by atoms with E-state index >= 15 is 0 Å². The van der Waals surface area contributed by atoms with Crippen LogP contribution in [0.25, 0.3) is 0 Å². The van der Waals surface area contributed by atoms with Crippen LogP contribution in [0.1, 0.15) is 20.8 Å². The number of hydrogen-bond donors (Lipinski definition) is 2. The van der Waals surface area contributed by atoms with Crippen LogP contribution in [0.2, 0.25) is 0 Å². The lowest BCUT2D eigenvalue weighted by Gasteiger charge is -2.16. The summed E-state index contributed by atoms with van der Waals surface area (Å²) < 4.78 is 9.93. The van der Waals surface area contributed by atoms with E-state index in [9.17, 15) is 14.4 Å². The van der Waals surface area contributed by atoms with Gasteiger partial charge >= 0.3 is 5.97 Å². The first kappa shape index (κ1) is 22.4. The smallest absolute Gasteiger partial charge is 0.341 e. The maximum atomic E-state index is 12.4. The van der Waals surface area contributed by atoms with Crippen molar-refractivity contribution in [3.05, 3.63) is 40.3 Å². The Bertz CT molecular complexity index is 910. The fourth-order valence-electron chi connectivity index (χ4n) is 2.68. The van der Waals surface area contributed by atoms with Crippen molar-refractivity contribution in [1.82, 2.24) is 4.90 Å². The summed E-state index contributed by atoms with van der Waals surface area (Å²) in [6.45, 7) is 3.69. The summed E-state index contributed by atoms with van der Waals surface area (Å²) in [7, 11) is 4.52. The highest BCUT2D eigenvalue weighted by Gasteiger charge is 2.22. The van der Waals surface area contributed by atoms with Crippen molar-refractivity contribution in [3.8, 4) is 5.75 Å². The van der Waals surface area contributed by atoms with Crippen molar-refractivity contribution in [2.75, 3.05) is 45.0 Å². The van der Waals surface area contributed by atoms with Crippen LogP contribution in [0.4, 0.5) is 10.7 Å². The number of ether oxygens (including phenoxy) is 2. The van der Waals surface area contributed by atoms with E-state index < -0.39 is 5.97 Å². The Kier molecular flexibility index (Phi) is 7.74. The van der Waals surface area contributed by atoms with Gasteiger partial charge < -0.3 is 20.1 Å². The number of amides is 2. The summed E-state index contributed by atoms with van der Waals surface area (Å²) in [4.78, 5) is 39.1. The van der Waals surface area contributed by atoms with Crippen LogP contribution in [0, 0.1) is 13.8 Å². The molecule has 8 nitrogen and oxygen atoms in total. The molecule has 0 spiro atoms. The Morgan fingerprint density at radius 3 is 2.34 bits per heavy atom. The highest BCUT2D eigenvalue weighted by atomic mass is 32.1. The average Bonchev–Trinajstić information content (AvgIpc) is 2.94. The van der Waals surface area contributed by atoms with Crippen LogP contribution in [0.3, 0.4) is 0 Å². The van der Waals surface area contributed by atoms with E-state index in [1.54, 1.807) is 43.3 Å². The molecule has 9 heteroatoms. The van der Waals surface area contributed by atoms with Crippen molar-refractivity contribution >= 4 is 39.8 Å². The van der Waals surface area contributed by atoms with Gasteiger partial charge in [-0.25, -0.2) is 4.79 Å². The van der Waals surface area contributed by atoms with Crippen LogP contribution in [0.15, 0.2) is 24.3 Å². The van der Waals surface area contributed by atoms with Crippen LogP contribution >= 0.6 is 11.3 Å². The molecule has 0 aliphatic heterocycles. The van der Waals surface area contributed by atoms with Crippen molar-refractivity contribution in [3.63, 3.8) is 0 Å². The highest BCUT2D eigenvalue weighted by molar-refractivity contribution is 7.16. The van der Waals surface area contributed by atoms with Gasteiger partial charge in [-0.2, -0.15) is 0 Å². The number of rotatable bonds is 8. The molecule has 0 saturated heterocycles. The SMILES string of the molecule is COC(=O)c1c(NC(=O)CN(C)CC(=O)Nc2cccc(OC)c2)sc(C)c1C. The zero-order valence-corrected chi connectivity index (χ0v) is 17.9. The van der Waals surface area contributed by atoms with Gasteiger partial charge in [-0.05, 0) is 38.6 Å². The zero-order chi connectivity index (χ0) is 21.6. The first-order valence-electron chi connectivity index (χ1n) is 8.85. The van der Waals surface area contributed by atoms with Gasteiger partial charge in [0, 0.05) is 16.6 Å². The molecule has 1 aromatic carbocycles. The van der Waals surface area contributed by atoms with Crippen molar-refractivity contribution < 1.29 is 23.9 Å². The zero-order valence-electron chi connectivity index (χ0n) is 17.1. The number of nitrogens with zero attached hydrogens (tertiary/aromatic N) is 1. The molecule has 2 rings (SSSR count). The van der Waals surface area contributed by atoms with Crippen LogP contribution in [-0.2, 0) is 14.3 Å². The largest absolute Gasteiger partial charge is 0.497 e. The lowest BCUT2D eigenvalue weighted by atomic mass is 10.1. The highest BCUT2D eigenvalue weighted by Crippen LogP contribution is 2.32. The predicted molar refractivity (Wildman–Crippen MR) is 113 cm³/mol. The van der Waals surface area contributed by atoms with E-state index in [0.29, 0.717) is 22.0 Å². The molecule has 0 bridgehead atoms. The Morgan fingerprint density at radius 2 is 1.72 bits per heavy atom. The second-order valence-electron chi connectivity index (χ2n) is 6.48. The van der Waals surface area contributed by atoms with Gasteiger partial charge in [-0.15, -0.1) is 11.3 Å². The standard InChI is InChI=1S/C20H25N3O5S/c1-12-13(2)29-19(18(12)20(26)28-5)22-17(25)11-23(3)10-16(24)21-14-7-6-8-15(9-14)27-4/h6-9H,10-11H2,1-5H3,(H,21,24)(H,22,25). The number of esters is 1. The second kappa shape index (κ2) is 10.0. The minimum atomic E-state index is -0.492. The third-order valence-corrected chi connectivity index (χ3v) is 5.33. The fraction of sp³-hybridized carbons (Fsp3) is 0.350. The topological polar surface area (TPSA) is 97.0 Å². The molecule has 0 atom stereocenters. The van der Waals surface area contributed by atoms with Crippen molar-refractivity contribution in [2.45, 2.75) is 13.8 Å². The fourth-order valence-corrected chi connectivity index (χ4v) is 3.74. The number of carbonyl (C=O) groups excluding carboxylic acids is 3. The summed E-state index contributed by atoms with van der Waals surface area (Å²) in [5.74, 6) is -0.439. The number of thiophene rings is 1. The maximum absolute atomic E-state index is 12.4.